The molecule has 1 saturated carbocycles. The van der Waals surface area contributed by atoms with Crippen molar-refractivity contribution < 1.29 is 4.74 Å². The number of nitrogens with two attached hydrogens (primary N) is 1. The molecule has 2 nitrogen and oxygen atoms in total. The Morgan fingerprint density at radius 2 is 2.08 bits per heavy atom. The zero-order valence-corrected chi connectivity index (χ0v) is 7.49. The molecule has 0 amide bonds. The molecule has 1 fully saturated rings. The zero-order chi connectivity index (χ0) is 8.89. The van der Waals surface area contributed by atoms with E-state index in [-0.39, 0.29) is 11.6 Å². The molecule has 68 valence electrons. The van der Waals surface area contributed by atoms with Crippen LogP contribution in [-0.2, 0) is 0 Å². The van der Waals surface area contributed by atoms with E-state index in [1.54, 1.807) is 0 Å². The molecule has 1 aromatic rings. The molecule has 0 aromatic heterocycles. The van der Waals surface area contributed by atoms with Crippen molar-refractivity contribution in [2.45, 2.75) is 30.9 Å². The van der Waals surface area contributed by atoms with Crippen LogP contribution in [-0.4, -0.2) is 5.60 Å². The van der Waals surface area contributed by atoms with Crippen LogP contribution in [0.5, 0.6) is 5.75 Å². The second-order valence-corrected chi connectivity index (χ2v) is 4.04. The Morgan fingerprint density at radius 3 is 2.69 bits per heavy atom. The van der Waals surface area contributed by atoms with Crippen molar-refractivity contribution in [3.05, 3.63) is 29.8 Å². The number of benzene rings is 1. The summed E-state index contributed by atoms with van der Waals surface area (Å²) < 4.78 is 5.92. The lowest BCUT2D eigenvalue weighted by molar-refractivity contribution is -0.00756. The number of hydrogen-bond acceptors (Lipinski definition) is 2. The van der Waals surface area contributed by atoms with E-state index in [0.29, 0.717) is 0 Å². The van der Waals surface area contributed by atoms with Crippen LogP contribution in [0.4, 0.5) is 0 Å². The van der Waals surface area contributed by atoms with Gasteiger partial charge in [-0.2, -0.15) is 0 Å². The maximum Gasteiger partial charge on any atom is 0.128 e. The predicted molar refractivity (Wildman–Crippen MR) is 50.6 cm³/mol. The van der Waals surface area contributed by atoms with E-state index >= 15 is 0 Å². The standard InChI is InChI=1S/C11H13NO/c12-10-8-4-1-2-5-9(8)13-11(10)6-3-7-11/h1-2,4-5,10H,3,6-7,12H2. The first kappa shape index (κ1) is 7.39. The summed E-state index contributed by atoms with van der Waals surface area (Å²) in [6.45, 7) is 0. The summed E-state index contributed by atoms with van der Waals surface area (Å²) in [5.41, 5.74) is 7.31. The largest absolute Gasteiger partial charge is 0.485 e. The maximum absolute atomic E-state index is 6.16. The van der Waals surface area contributed by atoms with E-state index in [2.05, 4.69) is 6.07 Å². The minimum Gasteiger partial charge on any atom is -0.485 e. The molecule has 13 heavy (non-hydrogen) atoms. The van der Waals surface area contributed by atoms with Crippen LogP contribution in [0.15, 0.2) is 24.3 Å². The average Bonchev–Trinajstić information content (AvgIpc) is 2.40. The van der Waals surface area contributed by atoms with Crippen molar-refractivity contribution >= 4 is 0 Å². The third-order valence-corrected chi connectivity index (χ3v) is 3.33. The molecule has 1 atom stereocenters. The van der Waals surface area contributed by atoms with Gasteiger partial charge in [0.25, 0.3) is 0 Å². The first-order valence-electron chi connectivity index (χ1n) is 4.85. The Hall–Kier alpha value is -1.02. The smallest absolute Gasteiger partial charge is 0.128 e. The molecule has 0 radical (unpaired) electrons. The summed E-state index contributed by atoms with van der Waals surface area (Å²) in [7, 11) is 0. The molecule has 1 aliphatic heterocycles. The molecule has 1 aliphatic carbocycles. The van der Waals surface area contributed by atoms with Gasteiger partial charge in [-0.15, -0.1) is 0 Å². The van der Waals surface area contributed by atoms with Gasteiger partial charge in [0, 0.05) is 5.56 Å². The van der Waals surface area contributed by atoms with Gasteiger partial charge in [-0.05, 0) is 25.3 Å². The van der Waals surface area contributed by atoms with Crippen LogP contribution in [0.2, 0.25) is 0 Å². The van der Waals surface area contributed by atoms with Crippen LogP contribution in [0.3, 0.4) is 0 Å². The fourth-order valence-electron chi connectivity index (χ4n) is 2.33. The fourth-order valence-corrected chi connectivity index (χ4v) is 2.33. The van der Waals surface area contributed by atoms with Gasteiger partial charge < -0.3 is 10.5 Å². The molecule has 2 heteroatoms. The van der Waals surface area contributed by atoms with Gasteiger partial charge in [0.15, 0.2) is 0 Å². The highest BCUT2D eigenvalue weighted by Gasteiger charge is 2.50. The molecule has 0 saturated heterocycles. The molecule has 2 N–H and O–H groups in total. The van der Waals surface area contributed by atoms with E-state index in [1.807, 2.05) is 18.2 Å². The summed E-state index contributed by atoms with van der Waals surface area (Å²) in [5, 5.41) is 0. The Balaban J connectivity index is 2.06. The van der Waals surface area contributed by atoms with Gasteiger partial charge >= 0.3 is 0 Å². The van der Waals surface area contributed by atoms with Crippen LogP contribution < -0.4 is 10.5 Å². The predicted octanol–water partition coefficient (Wildman–Crippen LogP) is 2.00. The van der Waals surface area contributed by atoms with Gasteiger partial charge in [-0.3, -0.25) is 0 Å². The van der Waals surface area contributed by atoms with Crippen LogP contribution in [0.1, 0.15) is 30.9 Å². The number of hydrogen-bond donors (Lipinski definition) is 1. The van der Waals surface area contributed by atoms with Crippen LogP contribution >= 0.6 is 0 Å². The van der Waals surface area contributed by atoms with Crippen molar-refractivity contribution in [3.63, 3.8) is 0 Å². The molecular formula is C11H13NO. The summed E-state index contributed by atoms with van der Waals surface area (Å²) in [5.74, 6) is 0.995. The highest BCUT2D eigenvalue weighted by Crippen LogP contribution is 2.51. The van der Waals surface area contributed by atoms with E-state index in [4.69, 9.17) is 10.5 Å². The molecule has 0 bridgehead atoms. The van der Waals surface area contributed by atoms with Gasteiger partial charge in [0.1, 0.15) is 11.4 Å². The molecule has 1 spiro atoms. The molecule has 2 aliphatic rings. The molecule has 1 aromatic carbocycles. The second kappa shape index (κ2) is 2.26. The fraction of sp³-hybridized carbons (Fsp3) is 0.455. The summed E-state index contributed by atoms with van der Waals surface area (Å²) in [4.78, 5) is 0. The van der Waals surface area contributed by atoms with E-state index in [9.17, 15) is 0 Å². The minimum atomic E-state index is -0.0380. The lowest BCUT2D eigenvalue weighted by Crippen LogP contribution is -2.47. The Labute approximate surface area is 77.7 Å². The molecule has 1 heterocycles. The van der Waals surface area contributed by atoms with E-state index in [0.717, 1.165) is 18.6 Å². The quantitative estimate of drug-likeness (QED) is 0.654. The third-order valence-electron chi connectivity index (χ3n) is 3.33. The SMILES string of the molecule is NC1c2ccccc2OC12CCC2. The normalized spacial score (nSPS) is 27.9. The third kappa shape index (κ3) is 0.814. The first-order valence-corrected chi connectivity index (χ1v) is 4.85. The van der Waals surface area contributed by atoms with Gasteiger partial charge in [-0.1, -0.05) is 18.2 Å². The number of fused-ring (bicyclic) bond motifs is 1. The van der Waals surface area contributed by atoms with Crippen molar-refractivity contribution in [2.75, 3.05) is 0 Å². The number of rotatable bonds is 0. The Bertz CT molecular complexity index is 344. The molecule has 3 rings (SSSR count). The highest BCUT2D eigenvalue weighted by molar-refractivity contribution is 5.43. The van der Waals surface area contributed by atoms with Gasteiger partial charge in [0.2, 0.25) is 0 Å². The summed E-state index contributed by atoms with van der Waals surface area (Å²) in [6.07, 6.45) is 3.48. The van der Waals surface area contributed by atoms with Crippen LogP contribution in [0.25, 0.3) is 0 Å². The van der Waals surface area contributed by atoms with Crippen LogP contribution in [0, 0.1) is 0 Å². The zero-order valence-electron chi connectivity index (χ0n) is 7.49. The van der Waals surface area contributed by atoms with E-state index in [1.165, 1.54) is 12.0 Å². The molecule has 1 unspecified atom stereocenters. The van der Waals surface area contributed by atoms with Crippen molar-refractivity contribution in [3.8, 4) is 5.75 Å². The van der Waals surface area contributed by atoms with E-state index < -0.39 is 0 Å². The Morgan fingerprint density at radius 1 is 1.31 bits per heavy atom. The van der Waals surface area contributed by atoms with Gasteiger partial charge in [-0.25, -0.2) is 0 Å². The average molecular weight is 175 g/mol. The molecular weight excluding hydrogens is 162 g/mol. The monoisotopic (exact) mass is 175 g/mol. The topological polar surface area (TPSA) is 35.2 Å². The van der Waals surface area contributed by atoms with Gasteiger partial charge in [0.05, 0.1) is 6.04 Å². The van der Waals surface area contributed by atoms with Crippen molar-refractivity contribution in [1.82, 2.24) is 0 Å². The van der Waals surface area contributed by atoms with Crippen molar-refractivity contribution in [2.24, 2.45) is 5.73 Å². The lowest BCUT2D eigenvalue weighted by Gasteiger charge is -2.40. The second-order valence-electron chi connectivity index (χ2n) is 4.04. The summed E-state index contributed by atoms with van der Waals surface area (Å²) >= 11 is 0. The number of para-hydroxylation sites is 1. The summed E-state index contributed by atoms with van der Waals surface area (Å²) in [6, 6.07) is 8.22. The highest BCUT2D eigenvalue weighted by atomic mass is 16.5. The Kier molecular flexibility index (Phi) is 1.29. The first-order chi connectivity index (χ1) is 6.32. The lowest BCUT2D eigenvalue weighted by atomic mass is 9.74. The minimum absolute atomic E-state index is 0.0380. The number of ether oxygens (including phenoxy) is 1. The van der Waals surface area contributed by atoms with Crippen molar-refractivity contribution in [1.29, 1.82) is 0 Å². The maximum atomic E-state index is 6.16.